The van der Waals surface area contributed by atoms with Crippen molar-refractivity contribution in [1.82, 2.24) is 0 Å². The fourth-order valence-corrected chi connectivity index (χ4v) is 11.0. The minimum Gasteiger partial charge on any atom is -0.387 e. The quantitative estimate of drug-likeness (QED) is 0.274. The van der Waals surface area contributed by atoms with E-state index in [0.29, 0.717) is 0 Å². The first-order chi connectivity index (χ1) is 15.3. The molecular weight excluding hydrogens is 468 g/mol. The normalized spacial score (nSPS) is 16.0. The van der Waals surface area contributed by atoms with Gasteiger partial charge in [0.25, 0.3) is 0 Å². The zero-order valence-corrected chi connectivity index (χ0v) is 21.5. The Balaban J connectivity index is 2.77. The van der Waals surface area contributed by atoms with Crippen molar-refractivity contribution < 1.29 is 31.9 Å². The molecule has 0 aromatic heterocycles. The van der Waals surface area contributed by atoms with E-state index in [1.807, 2.05) is 50.0 Å². The standard InChI is InChI=1S/C24H32F3O4PSi/c1-6-30-32(29,31-7-2)23(33(3,4)5,18-17-19-11-9-8-10-12-19)22(28)20-13-15-21(16-14-20)24(25,26)27/h8-18,22,28H,6-7H2,1-5H3/b18-17+. The van der Waals surface area contributed by atoms with Gasteiger partial charge in [0.1, 0.15) is 4.78 Å². The third-order valence-electron chi connectivity index (χ3n) is 5.55. The van der Waals surface area contributed by atoms with E-state index < -0.39 is 38.3 Å². The molecule has 2 rings (SSSR count). The minimum absolute atomic E-state index is 0.0857. The molecule has 0 aliphatic rings. The molecule has 2 unspecified atom stereocenters. The van der Waals surface area contributed by atoms with E-state index in [2.05, 4.69) is 0 Å². The molecule has 0 fully saturated rings. The molecule has 2 aromatic carbocycles. The summed E-state index contributed by atoms with van der Waals surface area (Å²) in [4.78, 5) is 0. The maximum Gasteiger partial charge on any atom is 0.416 e. The van der Waals surface area contributed by atoms with Crippen LogP contribution in [0.3, 0.4) is 0 Å². The molecule has 0 bridgehead atoms. The highest BCUT2D eigenvalue weighted by Gasteiger charge is 2.62. The second-order valence-electron chi connectivity index (χ2n) is 8.67. The van der Waals surface area contributed by atoms with Crippen LogP contribution in [0.4, 0.5) is 13.2 Å². The number of benzene rings is 2. The summed E-state index contributed by atoms with van der Waals surface area (Å²) in [6.07, 6.45) is -2.48. The van der Waals surface area contributed by atoms with Crippen molar-refractivity contribution in [3.05, 3.63) is 77.4 Å². The van der Waals surface area contributed by atoms with Gasteiger partial charge >= 0.3 is 13.8 Å². The molecular formula is C24H32F3O4PSi. The van der Waals surface area contributed by atoms with Crippen LogP contribution in [0.2, 0.25) is 19.6 Å². The largest absolute Gasteiger partial charge is 0.416 e. The van der Waals surface area contributed by atoms with Crippen LogP contribution in [0.15, 0.2) is 60.7 Å². The minimum atomic E-state index is -4.50. The van der Waals surface area contributed by atoms with Gasteiger partial charge in [0.05, 0.1) is 33.0 Å². The summed E-state index contributed by atoms with van der Waals surface area (Å²) in [6, 6.07) is 13.6. The van der Waals surface area contributed by atoms with E-state index in [1.54, 1.807) is 26.0 Å². The van der Waals surface area contributed by atoms with Gasteiger partial charge in [-0.25, -0.2) is 0 Å². The maximum absolute atomic E-state index is 14.3. The van der Waals surface area contributed by atoms with Crippen molar-refractivity contribution >= 4 is 21.7 Å². The first-order valence-corrected chi connectivity index (χ1v) is 15.9. The molecule has 182 valence electrons. The van der Waals surface area contributed by atoms with Crippen LogP contribution in [0.5, 0.6) is 0 Å². The van der Waals surface area contributed by atoms with Crippen molar-refractivity contribution in [2.75, 3.05) is 13.2 Å². The number of rotatable bonds is 10. The topological polar surface area (TPSA) is 55.8 Å². The predicted molar refractivity (Wildman–Crippen MR) is 129 cm³/mol. The molecule has 0 spiro atoms. The molecule has 33 heavy (non-hydrogen) atoms. The van der Waals surface area contributed by atoms with Crippen molar-refractivity contribution in [3.63, 3.8) is 0 Å². The Hall–Kier alpha value is -1.70. The Morgan fingerprint density at radius 1 is 0.970 bits per heavy atom. The van der Waals surface area contributed by atoms with Gasteiger partial charge in [-0.1, -0.05) is 74.3 Å². The first-order valence-electron chi connectivity index (χ1n) is 10.8. The molecule has 0 amide bonds. The van der Waals surface area contributed by atoms with Gasteiger partial charge in [0.2, 0.25) is 0 Å². The summed E-state index contributed by atoms with van der Waals surface area (Å²) in [7, 11) is -6.65. The number of alkyl halides is 3. The Bertz CT molecular complexity index is 962. The third-order valence-corrected chi connectivity index (χ3v) is 13.7. The highest BCUT2D eigenvalue weighted by Crippen LogP contribution is 2.68. The molecule has 0 aliphatic heterocycles. The summed E-state index contributed by atoms with van der Waals surface area (Å²) in [5.41, 5.74) is 0.205. The molecule has 0 saturated carbocycles. The summed E-state index contributed by atoms with van der Waals surface area (Å²) >= 11 is 0. The average molecular weight is 501 g/mol. The lowest BCUT2D eigenvalue weighted by Crippen LogP contribution is -2.55. The summed E-state index contributed by atoms with van der Waals surface area (Å²) in [6.45, 7) is 9.34. The van der Waals surface area contributed by atoms with E-state index in [-0.39, 0.29) is 18.8 Å². The number of aliphatic hydroxyl groups is 1. The molecule has 2 atom stereocenters. The molecule has 0 heterocycles. The van der Waals surface area contributed by atoms with Gasteiger partial charge < -0.3 is 14.2 Å². The number of aliphatic hydroxyl groups excluding tert-OH is 1. The van der Waals surface area contributed by atoms with Gasteiger partial charge in [-0.3, -0.25) is 4.57 Å². The highest BCUT2D eigenvalue weighted by atomic mass is 31.2. The van der Waals surface area contributed by atoms with Crippen LogP contribution in [-0.4, -0.2) is 31.2 Å². The van der Waals surface area contributed by atoms with E-state index >= 15 is 0 Å². The molecule has 4 nitrogen and oxygen atoms in total. The number of hydrogen-bond donors (Lipinski definition) is 1. The van der Waals surface area contributed by atoms with Crippen LogP contribution in [0, 0.1) is 0 Å². The third kappa shape index (κ3) is 5.87. The summed E-state index contributed by atoms with van der Waals surface area (Å²) < 4.78 is 63.6. The Kier molecular flexibility index (Phi) is 8.93. The highest BCUT2D eigenvalue weighted by molar-refractivity contribution is 7.59. The lowest BCUT2D eigenvalue weighted by atomic mass is 10.0. The van der Waals surface area contributed by atoms with Crippen LogP contribution >= 0.6 is 7.60 Å². The smallest absolute Gasteiger partial charge is 0.387 e. The first kappa shape index (κ1) is 27.5. The molecule has 0 saturated heterocycles. The molecule has 0 radical (unpaired) electrons. The van der Waals surface area contributed by atoms with E-state index in [0.717, 1.165) is 17.7 Å². The lowest BCUT2D eigenvalue weighted by molar-refractivity contribution is -0.137. The van der Waals surface area contributed by atoms with E-state index in [4.69, 9.17) is 9.05 Å². The molecule has 2 aromatic rings. The van der Waals surface area contributed by atoms with Gasteiger partial charge in [0.15, 0.2) is 0 Å². The van der Waals surface area contributed by atoms with Crippen molar-refractivity contribution in [3.8, 4) is 0 Å². The second kappa shape index (κ2) is 10.7. The fourth-order valence-electron chi connectivity index (χ4n) is 3.89. The second-order valence-corrected chi connectivity index (χ2v) is 16.7. The fraction of sp³-hybridized carbons (Fsp3) is 0.417. The molecule has 0 aliphatic carbocycles. The van der Waals surface area contributed by atoms with E-state index in [9.17, 15) is 22.8 Å². The summed E-state index contributed by atoms with van der Waals surface area (Å²) in [5, 5.41) is 11.7. The monoisotopic (exact) mass is 500 g/mol. The summed E-state index contributed by atoms with van der Waals surface area (Å²) in [5.74, 6) is 0. The molecule has 9 heteroatoms. The Morgan fingerprint density at radius 3 is 1.91 bits per heavy atom. The van der Waals surface area contributed by atoms with Gasteiger partial charge in [-0.15, -0.1) is 0 Å². The van der Waals surface area contributed by atoms with Gasteiger partial charge in [-0.2, -0.15) is 13.2 Å². The molecule has 1 N–H and O–H groups in total. The van der Waals surface area contributed by atoms with Gasteiger partial charge in [-0.05, 0) is 37.1 Å². The maximum atomic E-state index is 14.3. The number of halogens is 3. The van der Waals surface area contributed by atoms with Crippen LogP contribution in [-0.2, 0) is 19.8 Å². The van der Waals surface area contributed by atoms with Gasteiger partial charge in [0, 0.05) is 0 Å². The predicted octanol–water partition coefficient (Wildman–Crippen LogP) is 7.33. The SMILES string of the molecule is CCOP(=O)(OCC)C(/C=C/c1ccccc1)(C(O)c1ccc(C(F)(F)F)cc1)[Si](C)(C)C. The van der Waals surface area contributed by atoms with Crippen molar-refractivity contribution in [2.45, 2.75) is 50.5 Å². The Labute approximate surface area is 195 Å². The van der Waals surface area contributed by atoms with Crippen molar-refractivity contribution in [2.24, 2.45) is 0 Å². The number of hydrogen-bond acceptors (Lipinski definition) is 4. The van der Waals surface area contributed by atoms with E-state index in [1.165, 1.54) is 12.1 Å². The average Bonchev–Trinajstić information content (AvgIpc) is 2.73. The Morgan fingerprint density at radius 2 is 1.48 bits per heavy atom. The zero-order chi connectivity index (χ0) is 24.9. The van der Waals surface area contributed by atoms with Crippen LogP contribution in [0.1, 0.15) is 36.6 Å². The van der Waals surface area contributed by atoms with Crippen LogP contribution in [0.25, 0.3) is 6.08 Å². The zero-order valence-electron chi connectivity index (χ0n) is 19.6. The van der Waals surface area contributed by atoms with Crippen molar-refractivity contribution in [1.29, 1.82) is 0 Å². The lowest BCUT2D eigenvalue weighted by Gasteiger charge is -2.48. The van der Waals surface area contributed by atoms with Crippen LogP contribution < -0.4 is 0 Å².